The fourth-order valence-corrected chi connectivity index (χ4v) is 4.03. The second kappa shape index (κ2) is 9.23. The highest BCUT2D eigenvalue weighted by molar-refractivity contribution is 7.20. The van der Waals surface area contributed by atoms with Crippen LogP contribution in [0.2, 0.25) is 5.02 Å². The quantitative estimate of drug-likeness (QED) is 0.299. The summed E-state index contributed by atoms with van der Waals surface area (Å²) in [4.78, 5) is 12.8. The largest absolute Gasteiger partial charge is 0.425 e. The Bertz CT molecular complexity index is 1240. The zero-order valence-corrected chi connectivity index (χ0v) is 19.4. The van der Waals surface area contributed by atoms with E-state index < -0.39 is 12.0 Å². The zero-order valence-electron chi connectivity index (χ0n) is 17.8. The summed E-state index contributed by atoms with van der Waals surface area (Å²) in [7, 11) is 0. The number of nitrogens with one attached hydrogen (secondary N) is 1. The molecule has 0 unspecified atom stereocenters. The van der Waals surface area contributed by atoms with E-state index in [4.69, 9.17) is 22.1 Å². The van der Waals surface area contributed by atoms with Gasteiger partial charge in [0.25, 0.3) is 0 Å². The maximum Gasteiger partial charge on any atom is 0.328 e. The predicted octanol–water partition coefficient (Wildman–Crippen LogP) is 4.62. The summed E-state index contributed by atoms with van der Waals surface area (Å²) in [5, 5.41) is 17.8. The number of nitrogens with zero attached hydrogens (tertiary/aromatic N) is 4. The van der Waals surface area contributed by atoms with Crippen molar-refractivity contribution in [2.45, 2.75) is 32.7 Å². The van der Waals surface area contributed by atoms with Gasteiger partial charge in [-0.2, -0.15) is 4.52 Å². The minimum atomic E-state index is -0.655. The number of halogens is 1. The Labute approximate surface area is 194 Å². The molecule has 3 N–H and O–H groups in total. The summed E-state index contributed by atoms with van der Waals surface area (Å²) in [6, 6.07) is 14.1. The number of esters is 1. The maximum atomic E-state index is 12.1. The number of aromatic nitrogens is 4. The van der Waals surface area contributed by atoms with E-state index in [0.717, 1.165) is 11.3 Å². The van der Waals surface area contributed by atoms with Gasteiger partial charge in [-0.1, -0.05) is 61.9 Å². The van der Waals surface area contributed by atoms with Crippen LogP contribution < -0.4 is 15.8 Å². The van der Waals surface area contributed by atoms with Crippen molar-refractivity contribution in [1.82, 2.24) is 19.8 Å². The molecule has 0 aliphatic carbocycles. The van der Waals surface area contributed by atoms with Crippen LogP contribution in [0.4, 0.5) is 10.8 Å². The highest BCUT2D eigenvalue weighted by Gasteiger charge is 2.21. The smallest absolute Gasteiger partial charge is 0.328 e. The average molecular weight is 471 g/mol. The topological polar surface area (TPSA) is 107 Å². The molecule has 0 saturated carbocycles. The lowest BCUT2D eigenvalue weighted by Crippen LogP contribution is -2.38. The molecule has 32 heavy (non-hydrogen) atoms. The van der Waals surface area contributed by atoms with Crippen LogP contribution in [0.5, 0.6) is 5.75 Å². The van der Waals surface area contributed by atoms with Crippen LogP contribution in [-0.4, -0.2) is 31.8 Å². The highest BCUT2D eigenvalue weighted by Crippen LogP contribution is 2.29. The predicted molar refractivity (Wildman–Crippen MR) is 126 cm³/mol. The number of rotatable bonds is 7. The highest BCUT2D eigenvalue weighted by atomic mass is 35.5. The van der Waals surface area contributed by atoms with Crippen molar-refractivity contribution in [3.63, 3.8) is 0 Å². The van der Waals surface area contributed by atoms with Crippen molar-refractivity contribution in [3.8, 4) is 5.75 Å². The number of hydrogen-bond donors (Lipinski definition) is 2. The third-order valence-electron chi connectivity index (χ3n) is 5.07. The van der Waals surface area contributed by atoms with Crippen molar-refractivity contribution < 1.29 is 9.53 Å². The zero-order chi connectivity index (χ0) is 22.8. The summed E-state index contributed by atoms with van der Waals surface area (Å²) in [6.07, 6.45) is 0. The van der Waals surface area contributed by atoms with Crippen LogP contribution in [-0.2, 0) is 4.79 Å². The van der Waals surface area contributed by atoms with Gasteiger partial charge in [-0.05, 0) is 41.8 Å². The number of carbonyl (C=O) groups excluding carboxylic acids is 1. The molecule has 2 heterocycles. The first-order valence-corrected chi connectivity index (χ1v) is 11.3. The van der Waals surface area contributed by atoms with E-state index in [-0.39, 0.29) is 11.8 Å². The molecule has 0 spiro atoms. The summed E-state index contributed by atoms with van der Waals surface area (Å²) in [5.74, 6) is 0.654. The van der Waals surface area contributed by atoms with E-state index in [1.165, 1.54) is 11.3 Å². The van der Waals surface area contributed by atoms with E-state index >= 15 is 0 Å². The summed E-state index contributed by atoms with van der Waals surface area (Å²) < 4.78 is 7.11. The molecule has 0 aliphatic heterocycles. The number of anilines is 2. The first-order chi connectivity index (χ1) is 15.3. The van der Waals surface area contributed by atoms with Crippen molar-refractivity contribution in [2.75, 3.05) is 5.32 Å². The van der Waals surface area contributed by atoms with Gasteiger partial charge in [0.1, 0.15) is 11.8 Å². The number of fused-ring (bicyclic) bond motifs is 1. The Morgan fingerprint density at radius 1 is 1.16 bits per heavy atom. The second-order valence-electron chi connectivity index (χ2n) is 7.78. The third-order valence-corrected chi connectivity index (χ3v) is 6.12. The standard InChI is InChI=1S/C22H23ClN6O2S/c1-12(2)18(24)20(30)31-17-9-7-14(8-10-17)13(3)19-26-27-22-29(19)28-21(32-22)25-16-6-4-5-15(23)11-16/h4-13,18H,24H2,1-3H3,(H,25,28)/t13-,18+/m0/s1. The molecular weight excluding hydrogens is 448 g/mol. The summed E-state index contributed by atoms with van der Waals surface area (Å²) in [6.45, 7) is 5.78. The molecule has 0 saturated heterocycles. The van der Waals surface area contributed by atoms with Gasteiger partial charge in [-0.25, -0.2) is 4.79 Å². The van der Waals surface area contributed by atoms with Gasteiger partial charge in [-0.15, -0.1) is 15.3 Å². The lowest BCUT2D eigenvalue weighted by molar-refractivity contribution is -0.136. The number of carbonyl (C=O) groups is 1. The molecular formula is C22H23ClN6O2S. The van der Waals surface area contributed by atoms with Crippen molar-refractivity contribution >= 4 is 44.7 Å². The van der Waals surface area contributed by atoms with Gasteiger partial charge in [0, 0.05) is 16.6 Å². The Hall–Kier alpha value is -3.01. The number of nitrogens with two attached hydrogens (primary N) is 1. The molecule has 2 aromatic heterocycles. The van der Waals surface area contributed by atoms with E-state index in [0.29, 0.717) is 26.7 Å². The average Bonchev–Trinajstić information content (AvgIpc) is 3.33. The first-order valence-electron chi connectivity index (χ1n) is 10.1. The first kappa shape index (κ1) is 22.2. The monoisotopic (exact) mass is 470 g/mol. The summed E-state index contributed by atoms with van der Waals surface area (Å²) in [5.41, 5.74) is 7.69. The van der Waals surface area contributed by atoms with Gasteiger partial charge in [0.05, 0.1) is 0 Å². The van der Waals surface area contributed by atoms with Crippen molar-refractivity contribution in [1.29, 1.82) is 0 Å². The molecule has 0 amide bonds. The molecule has 4 aromatic rings. The lowest BCUT2D eigenvalue weighted by Gasteiger charge is -2.15. The molecule has 0 bridgehead atoms. The van der Waals surface area contributed by atoms with Crippen LogP contribution in [0, 0.1) is 5.92 Å². The molecule has 4 rings (SSSR count). The van der Waals surface area contributed by atoms with Crippen LogP contribution in [0.1, 0.15) is 38.1 Å². The third kappa shape index (κ3) is 4.74. The second-order valence-corrected chi connectivity index (χ2v) is 9.17. The summed E-state index contributed by atoms with van der Waals surface area (Å²) >= 11 is 7.45. The fraction of sp³-hybridized carbons (Fsp3) is 0.273. The Morgan fingerprint density at radius 3 is 2.59 bits per heavy atom. The molecule has 0 aliphatic rings. The molecule has 8 nitrogen and oxygen atoms in total. The number of ether oxygens (including phenoxy) is 1. The number of hydrogen-bond acceptors (Lipinski definition) is 8. The van der Waals surface area contributed by atoms with Crippen LogP contribution in [0.15, 0.2) is 48.5 Å². The molecule has 2 atom stereocenters. The Morgan fingerprint density at radius 2 is 1.91 bits per heavy atom. The van der Waals surface area contributed by atoms with Gasteiger partial charge >= 0.3 is 5.97 Å². The normalized spacial score (nSPS) is 13.3. The van der Waals surface area contributed by atoms with E-state index in [1.807, 2.05) is 57.2 Å². The van der Waals surface area contributed by atoms with Crippen LogP contribution >= 0.6 is 22.9 Å². The molecule has 166 valence electrons. The van der Waals surface area contributed by atoms with Crippen LogP contribution in [0.25, 0.3) is 4.96 Å². The number of benzene rings is 2. The Kier molecular flexibility index (Phi) is 6.40. The molecule has 10 heteroatoms. The minimum absolute atomic E-state index is 0.00788. The minimum Gasteiger partial charge on any atom is -0.425 e. The fourth-order valence-electron chi connectivity index (χ4n) is 3.07. The van der Waals surface area contributed by atoms with Crippen molar-refractivity contribution in [2.24, 2.45) is 11.7 Å². The van der Waals surface area contributed by atoms with Crippen molar-refractivity contribution in [3.05, 3.63) is 64.9 Å². The van der Waals surface area contributed by atoms with Gasteiger partial charge in [0.15, 0.2) is 5.82 Å². The Balaban J connectivity index is 1.50. The maximum absolute atomic E-state index is 12.1. The van der Waals surface area contributed by atoms with E-state index in [2.05, 4.69) is 20.6 Å². The van der Waals surface area contributed by atoms with E-state index in [1.54, 1.807) is 16.6 Å². The SMILES string of the molecule is CC(C)[C@@H](N)C(=O)Oc1ccc([C@H](C)c2nnc3sc(Nc4cccc(Cl)c4)nn23)cc1. The van der Waals surface area contributed by atoms with Gasteiger partial charge in [0.2, 0.25) is 10.1 Å². The molecule has 2 aromatic carbocycles. The lowest BCUT2D eigenvalue weighted by atomic mass is 10.0. The molecule has 0 fully saturated rings. The molecule has 0 radical (unpaired) electrons. The van der Waals surface area contributed by atoms with Crippen LogP contribution in [0.3, 0.4) is 0 Å². The van der Waals surface area contributed by atoms with E-state index in [9.17, 15) is 4.79 Å². The van der Waals surface area contributed by atoms with Gasteiger partial charge < -0.3 is 15.8 Å². The van der Waals surface area contributed by atoms with Gasteiger partial charge in [-0.3, -0.25) is 0 Å².